The van der Waals surface area contributed by atoms with Crippen LogP contribution in [0.2, 0.25) is 5.02 Å². The van der Waals surface area contributed by atoms with Crippen molar-refractivity contribution in [3.05, 3.63) is 101 Å². The Morgan fingerprint density at radius 3 is 2.47 bits per heavy atom. The molecule has 0 atom stereocenters. The van der Waals surface area contributed by atoms with E-state index in [0.717, 1.165) is 11.1 Å². The van der Waals surface area contributed by atoms with Crippen LogP contribution >= 0.6 is 11.6 Å². The van der Waals surface area contributed by atoms with Crippen LogP contribution in [-0.4, -0.2) is 30.0 Å². The highest BCUT2D eigenvalue weighted by atomic mass is 35.5. The Labute approximate surface area is 214 Å². The lowest BCUT2D eigenvalue weighted by Crippen LogP contribution is -2.27. The minimum atomic E-state index is -3.76. The molecule has 0 aliphatic carbocycles. The summed E-state index contributed by atoms with van der Waals surface area (Å²) >= 11 is 6.23. The van der Waals surface area contributed by atoms with Gasteiger partial charge in [0, 0.05) is 6.54 Å². The lowest BCUT2D eigenvalue weighted by Gasteiger charge is -2.25. The summed E-state index contributed by atoms with van der Waals surface area (Å²) in [5, 5.41) is 2.67. The Morgan fingerprint density at radius 2 is 1.81 bits per heavy atom. The maximum Gasteiger partial charge on any atom is 0.276 e. The van der Waals surface area contributed by atoms with Gasteiger partial charge in [-0.25, -0.2) is 18.4 Å². The molecule has 0 saturated carbocycles. The molecule has 0 unspecified atom stereocenters. The Morgan fingerprint density at radius 1 is 1.06 bits per heavy atom. The van der Waals surface area contributed by atoms with E-state index in [1.165, 1.54) is 13.1 Å². The van der Waals surface area contributed by atoms with Gasteiger partial charge < -0.3 is 14.6 Å². The zero-order valence-electron chi connectivity index (χ0n) is 19.8. The van der Waals surface area contributed by atoms with E-state index in [9.17, 15) is 13.2 Å². The van der Waals surface area contributed by atoms with Crippen LogP contribution in [0, 0.1) is 6.92 Å². The van der Waals surface area contributed by atoms with Crippen molar-refractivity contribution in [3.63, 3.8) is 0 Å². The van der Waals surface area contributed by atoms with Gasteiger partial charge in [0.05, 0.1) is 41.2 Å². The summed E-state index contributed by atoms with van der Waals surface area (Å²) < 4.78 is 30.6. The minimum absolute atomic E-state index is 0.0874. The van der Waals surface area contributed by atoms with Crippen LogP contribution in [0.3, 0.4) is 0 Å². The average Bonchev–Trinajstić information content (AvgIpc) is 3.39. The van der Waals surface area contributed by atoms with Crippen molar-refractivity contribution in [2.75, 3.05) is 16.0 Å². The predicted octanol–water partition coefficient (Wildman–Crippen LogP) is 5.28. The number of nitrogens with zero attached hydrogens (tertiary/aromatic N) is 3. The summed E-state index contributed by atoms with van der Waals surface area (Å²) in [6, 6.07) is 18.3. The van der Waals surface area contributed by atoms with Crippen LogP contribution in [0.25, 0.3) is 0 Å². The first-order valence-electron chi connectivity index (χ1n) is 11.3. The summed E-state index contributed by atoms with van der Waals surface area (Å²) in [4.78, 5) is 23.7. The van der Waals surface area contributed by atoms with Gasteiger partial charge in [0.15, 0.2) is 5.69 Å². The third-order valence-electron chi connectivity index (χ3n) is 5.50. The highest BCUT2D eigenvalue weighted by Gasteiger charge is 2.25. The van der Waals surface area contributed by atoms with Crippen LogP contribution in [-0.2, 0) is 22.9 Å². The molecule has 186 valence electrons. The lowest BCUT2D eigenvalue weighted by atomic mass is 10.1. The van der Waals surface area contributed by atoms with E-state index in [4.69, 9.17) is 16.0 Å². The van der Waals surface area contributed by atoms with Crippen LogP contribution in [0.1, 0.15) is 34.3 Å². The van der Waals surface area contributed by atoms with Gasteiger partial charge in [-0.1, -0.05) is 60.5 Å². The molecule has 10 heteroatoms. The molecular formula is C26H25ClN4O4S. The molecule has 0 saturated heterocycles. The number of anilines is 2. The molecule has 8 nitrogen and oxygen atoms in total. The fourth-order valence-corrected chi connectivity index (χ4v) is 4.40. The van der Waals surface area contributed by atoms with Gasteiger partial charge in [-0.2, -0.15) is 0 Å². The number of halogens is 1. The Hall–Kier alpha value is -3.69. The zero-order valence-corrected chi connectivity index (χ0v) is 21.4. The molecule has 0 radical (unpaired) electrons. The van der Waals surface area contributed by atoms with Crippen LogP contribution in [0.5, 0.6) is 0 Å². The number of furan rings is 1. The molecule has 1 N–H and O–H groups in total. The van der Waals surface area contributed by atoms with Crippen LogP contribution < -0.4 is 10.2 Å². The Kier molecular flexibility index (Phi) is 7.71. The molecule has 0 spiro atoms. The highest BCUT2D eigenvalue weighted by molar-refractivity contribution is 7.91. The SMILES string of the molecule is CCS(=O)(=O)c1ncc(N(Cc2ccc(C)cc2)Cc2ccco2)c(C(=O)Nc2ccccc2Cl)n1. The lowest BCUT2D eigenvalue weighted by molar-refractivity contribution is 0.102. The number of aromatic nitrogens is 2. The summed E-state index contributed by atoms with van der Waals surface area (Å²) in [5.41, 5.74) is 2.75. The molecule has 2 aromatic carbocycles. The van der Waals surface area contributed by atoms with E-state index < -0.39 is 20.9 Å². The fourth-order valence-electron chi connectivity index (χ4n) is 3.51. The maximum atomic E-state index is 13.5. The quantitative estimate of drug-likeness (QED) is 0.297. The molecule has 2 heterocycles. The minimum Gasteiger partial charge on any atom is -0.467 e. The molecule has 0 aliphatic heterocycles. The van der Waals surface area contributed by atoms with Gasteiger partial charge in [-0.05, 0) is 36.8 Å². The average molecular weight is 525 g/mol. The second-order valence-electron chi connectivity index (χ2n) is 8.14. The van der Waals surface area contributed by atoms with Crippen molar-refractivity contribution in [2.24, 2.45) is 0 Å². The number of benzene rings is 2. The first-order chi connectivity index (χ1) is 17.3. The monoisotopic (exact) mass is 524 g/mol. The molecule has 0 fully saturated rings. The number of para-hydroxylation sites is 1. The van der Waals surface area contributed by atoms with Crippen LogP contribution in [0.15, 0.2) is 82.7 Å². The first-order valence-corrected chi connectivity index (χ1v) is 13.3. The smallest absolute Gasteiger partial charge is 0.276 e. The van der Waals surface area contributed by atoms with Gasteiger partial charge in [0.2, 0.25) is 15.0 Å². The number of nitrogens with one attached hydrogen (secondary N) is 1. The van der Waals surface area contributed by atoms with E-state index in [-0.39, 0.29) is 11.4 Å². The number of carbonyl (C=O) groups excluding carboxylic acids is 1. The normalized spacial score (nSPS) is 11.3. The van der Waals surface area contributed by atoms with Crippen LogP contribution in [0.4, 0.5) is 11.4 Å². The number of aryl methyl sites for hydroxylation is 1. The van der Waals surface area contributed by atoms with E-state index in [2.05, 4.69) is 15.3 Å². The second kappa shape index (κ2) is 10.9. The van der Waals surface area contributed by atoms with Gasteiger partial charge in [0.1, 0.15) is 5.76 Å². The number of rotatable bonds is 9. The summed E-state index contributed by atoms with van der Waals surface area (Å²) in [6.45, 7) is 4.20. The molecule has 4 aromatic rings. The first kappa shape index (κ1) is 25.4. The number of amides is 1. The van der Waals surface area contributed by atoms with Crippen molar-refractivity contribution in [1.29, 1.82) is 0 Å². The van der Waals surface area contributed by atoms with E-state index in [0.29, 0.717) is 35.2 Å². The van der Waals surface area contributed by atoms with Crippen molar-refractivity contribution in [2.45, 2.75) is 32.1 Å². The third-order valence-corrected chi connectivity index (χ3v) is 7.35. The van der Waals surface area contributed by atoms with Gasteiger partial charge in [-0.3, -0.25) is 4.79 Å². The number of carbonyl (C=O) groups is 1. The maximum absolute atomic E-state index is 13.5. The second-order valence-corrected chi connectivity index (χ2v) is 10.7. The van der Waals surface area contributed by atoms with Crippen molar-refractivity contribution in [1.82, 2.24) is 9.97 Å². The summed E-state index contributed by atoms with van der Waals surface area (Å²) in [7, 11) is -3.76. The number of sulfone groups is 1. The molecule has 1 amide bonds. The number of hydrogen-bond donors (Lipinski definition) is 1. The van der Waals surface area contributed by atoms with Gasteiger partial charge in [0.25, 0.3) is 5.91 Å². The number of hydrogen-bond acceptors (Lipinski definition) is 7. The fraction of sp³-hybridized carbons (Fsp3) is 0.192. The van der Waals surface area contributed by atoms with E-state index >= 15 is 0 Å². The zero-order chi connectivity index (χ0) is 25.7. The van der Waals surface area contributed by atoms with E-state index in [1.54, 1.807) is 36.6 Å². The summed E-state index contributed by atoms with van der Waals surface area (Å²) in [5.74, 6) is -0.150. The molecule has 0 bridgehead atoms. The molecule has 4 rings (SSSR count). The van der Waals surface area contributed by atoms with Crippen molar-refractivity contribution >= 4 is 38.7 Å². The van der Waals surface area contributed by atoms with Crippen molar-refractivity contribution in [3.8, 4) is 0 Å². The third kappa shape index (κ3) is 5.92. The predicted molar refractivity (Wildman–Crippen MR) is 139 cm³/mol. The van der Waals surface area contributed by atoms with Crippen molar-refractivity contribution < 1.29 is 17.6 Å². The highest BCUT2D eigenvalue weighted by Crippen LogP contribution is 2.27. The topological polar surface area (TPSA) is 105 Å². The molecular weight excluding hydrogens is 500 g/mol. The Bertz CT molecular complexity index is 1460. The summed E-state index contributed by atoms with van der Waals surface area (Å²) in [6.07, 6.45) is 2.94. The van der Waals surface area contributed by atoms with Gasteiger partial charge in [-0.15, -0.1) is 0 Å². The molecule has 0 aliphatic rings. The molecule has 2 aromatic heterocycles. The largest absolute Gasteiger partial charge is 0.467 e. The van der Waals surface area contributed by atoms with E-state index in [1.807, 2.05) is 42.2 Å². The van der Waals surface area contributed by atoms with Gasteiger partial charge >= 0.3 is 0 Å². The molecule has 36 heavy (non-hydrogen) atoms. The Balaban J connectivity index is 1.80. The standard InChI is InChI=1S/C26H25ClN4O4S/c1-3-36(33,34)26-28-15-23(24(30-26)25(32)29-22-9-5-4-8-21(22)27)31(17-20-7-6-14-35-20)16-19-12-10-18(2)11-13-19/h4-15H,3,16-17H2,1-2H3,(H,29,32).